The smallest absolute Gasteiger partial charge is 0.133 e. The highest BCUT2D eigenvalue weighted by atomic mass is 16.1. The van der Waals surface area contributed by atoms with E-state index in [1.54, 1.807) is 0 Å². The minimum absolute atomic E-state index is 0.389. The molecule has 0 aliphatic carbocycles. The third-order valence-corrected chi connectivity index (χ3v) is 2.67. The molecular weight excluding hydrogens is 198 g/mol. The van der Waals surface area contributed by atoms with Gasteiger partial charge in [0.1, 0.15) is 5.78 Å². The first-order valence-corrected chi connectivity index (χ1v) is 6.03. The Labute approximate surface area is 98.1 Å². The molecule has 16 heavy (non-hydrogen) atoms. The van der Waals surface area contributed by atoms with Crippen molar-refractivity contribution in [3.63, 3.8) is 0 Å². The van der Waals surface area contributed by atoms with E-state index in [-0.39, 0.29) is 0 Å². The van der Waals surface area contributed by atoms with E-state index in [0.29, 0.717) is 12.2 Å². The van der Waals surface area contributed by atoms with Gasteiger partial charge in [-0.1, -0.05) is 30.3 Å². The van der Waals surface area contributed by atoms with E-state index in [0.717, 1.165) is 32.2 Å². The van der Waals surface area contributed by atoms with E-state index in [9.17, 15) is 4.79 Å². The zero-order valence-electron chi connectivity index (χ0n) is 10.0. The van der Waals surface area contributed by atoms with Crippen LogP contribution in [0.25, 0.3) is 0 Å². The Balaban J connectivity index is 2.11. The molecule has 1 aromatic rings. The third kappa shape index (κ3) is 5.66. The Morgan fingerprint density at radius 3 is 2.56 bits per heavy atom. The van der Waals surface area contributed by atoms with Gasteiger partial charge in [0.15, 0.2) is 0 Å². The Morgan fingerprint density at radius 1 is 1.12 bits per heavy atom. The minimum atomic E-state index is 0.389. The summed E-state index contributed by atoms with van der Waals surface area (Å²) in [5.41, 5.74) is 1.26. The molecule has 0 aliphatic rings. The average Bonchev–Trinajstić information content (AvgIpc) is 2.33. The second kappa shape index (κ2) is 8.05. The fraction of sp³-hybridized carbons (Fsp3) is 0.500. The van der Waals surface area contributed by atoms with Crippen LogP contribution in [0.2, 0.25) is 0 Å². The zero-order valence-corrected chi connectivity index (χ0v) is 10.0. The van der Waals surface area contributed by atoms with Gasteiger partial charge in [-0.05, 0) is 38.4 Å². The van der Waals surface area contributed by atoms with Crippen LogP contribution < -0.4 is 5.32 Å². The van der Waals surface area contributed by atoms with Crippen molar-refractivity contribution in [1.29, 1.82) is 0 Å². The van der Waals surface area contributed by atoms with Gasteiger partial charge < -0.3 is 5.32 Å². The van der Waals surface area contributed by atoms with Crippen LogP contribution >= 0.6 is 0 Å². The lowest BCUT2D eigenvalue weighted by Crippen LogP contribution is -2.08. The molecule has 2 heteroatoms. The fourth-order valence-corrected chi connectivity index (χ4v) is 1.68. The fourth-order valence-electron chi connectivity index (χ4n) is 1.68. The highest BCUT2D eigenvalue weighted by molar-refractivity contribution is 5.78. The summed E-state index contributed by atoms with van der Waals surface area (Å²) in [5, 5.41) is 3.09. The van der Waals surface area contributed by atoms with Gasteiger partial charge in [0.25, 0.3) is 0 Å². The number of Topliss-reactive ketones (excluding diaryl/α,β-unsaturated/α-hetero) is 1. The summed E-state index contributed by atoms with van der Waals surface area (Å²) in [6.45, 7) is 1.01. The standard InChI is InChI=1S/C14H21NO/c1-15-12-6-5-9-14(16)11-10-13-7-3-2-4-8-13/h2-4,7-8,15H,5-6,9-12H2,1H3. The van der Waals surface area contributed by atoms with Crippen LogP contribution in [0, 0.1) is 0 Å². The van der Waals surface area contributed by atoms with Gasteiger partial charge in [-0.3, -0.25) is 4.79 Å². The second-order valence-corrected chi connectivity index (χ2v) is 4.08. The van der Waals surface area contributed by atoms with Crippen LogP contribution in [-0.2, 0) is 11.2 Å². The number of ketones is 1. The maximum absolute atomic E-state index is 11.6. The second-order valence-electron chi connectivity index (χ2n) is 4.08. The summed E-state index contributed by atoms with van der Waals surface area (Å²) in [5.74, 6) is 0.389. The number of nitrogens with one attached hydrogen (secondary N) is 1. The van der Waals surface area contributed by atoms with Gasteiger partial charge in [0.05, 0.1) is 0 Å². The molecule has 1 N–H and O–H groups in total. The number of aryl methyl sites for hydroxylation is 1. The van der Waals surface area contributed by atoms with Gasteiger partial charge in [0.2, 0.25) is 0 Å². The van der Waals surface area contributed by atoms with E-state index in [1.165, 1.54) is 5.56 Å². The largest absolute Gasteiger partial charge is 0.320 e. The molecule has 1 rings (SSSR count). The van der Waals surface area contributed by atoms with Crippen molar-refractivity contribution in [3.8, 4) is 0 Å². The predicted molar refractivity (Wildman–Crippen MR) is 67.5 cm³/mol. The number of carbonyl (C=O) groups is 1. The monoisotopic (exact) mass is 219 g/mol. The lowest BCUT2D eigenvalue weighted by molar-refractivity contribution is -0.119. The molecule has 0 amide bonds. The molecule has 0 spiro atoms. The van der Waals surface area contributed by atoms with Gasteiger partial charge >= 0.3 is 0 Å². The van der Waals surface area contributed by atoms with Crippen molar-refractivity contribution in [2.45, 2.75) is 32.1 Å². The number of benzene rings is 1. The van der Waals surface area contributed by atoms with Crippen LogP contribution in [-0.4, -0.2) is 19.4 Å². The molecule has 0 heterocycles. The summed E-state index contributed by atoms with van der Waals surface area (Å²) < 4.78 is 0. The third-order valence-electron chi connectivity index (χ3n) is 2.67. The van der Waals surface area contributed by atoms with Crippen molar-refractivity contribution in [2.24, 2.45) is 0 Å². The summed E-state index contributed by atoms with van der Waals surface area (Å²) in [6.07, 6.45) is 4.39. The zero-order chi connectivity index (χ0) is 11.6. The molecule has 2 nitrogen and oxygen atoms in total. The van der Waals surface area contributed by atoms with Crippen molar-refractivity contribution in [2.75, 3.05) is 13.6 Å². The summed E-state index contributed by atoms with van der Waals surface area (Å²) in [7, 11) is 1.94. The molecule has 1 aromatic carbocycles. The highest BCUT2D eigenvalue weighted by Gasteiger charge is 2.02. The molecular formula is C14H21NO. The first-order chi connectivity index (χ1) is 7.83. The number of rotatable bonds is 8. The molecule has 0 saturated carbocycles. The maximum atomic E-state index is 11.6. The maximum Gasteiger partial charge on any atom is 0.133 e. The molecule has 0 bridgehead atoms. The quantitative estimate of drug-likeness (QED) is 0.681. The van der Waals surface area contributed by atoms with Gasteiger partial charge in [-0.25, -0.2) is 0 Å². The van der Waals surface area contributed by atoms with E-state index in [2.05, 4.69) is 17.4 Å². The molecule has 0 aromatic heterocycles. The van der Waals surface area contributed by atoms with Crippen LogP contribution in [0.3, 0.4) is 0 Å². The van der Waals surface area contributed by atoms with E-state index >= 15 is 0 Å². The highest BCUT2D eigenvalue weighted by Crippen LogP contribution is 2.05. The molecule has 0 saturated heterocycles. The molecule has 0 fully saturated rings. The van der Waals surface area contributed by atoms with Gasteiger partial charge in [0, 0.05) is 12.8 Å². The van der Waals surface area contributed by atoms with Crippen molar-refractivity contribution < 1.29 is 4.79 Å². The summed E-state index contributed by atoms with van der Waals surface area (Å²) in [6, 6.07) is 10.2. The molecule has 0 aliphatic heterocycles. The normalized spacial score (nSPS) is 10.3. The minimum Gasteiger partial charge on any atom is -0.320 e. The van der Waals surface area contributed by atoms with Gasteiger partial charge in [-0.2, -0.15) is 0 Å². The van der Waals surface area contributed by atoms with E-state index < -0.39 is 0 Å². The van der Waals surface area contributed by atoms with Gasteiger partial charge in [-0.15, -0.1) is 0 Å². The average molecular weight is 219 g/mol. The number of hydrogen-bond acceptors (Lipinski definition) is 2. The molecule has 0 atom stereocenters. The topological polar surface area (TPSA) is 29.1 Å². The van der Waals surface area contributed by atoms with E-state index in [4.69, 9.17) is 0 Å². The van der Waals surface area contributed by atoms with Crippen LogP contribution in [0.15, 0.2) is 30.3 Å². The number of unbranched alkanes of at least 4 members (excludes halogenated alkanes) is 1. The van der Waals surface area contributed by atoms with Crippen molar-refractivity contribution in [1.82, 2.24) is 5.32 Å². The Kier molecular flexibility index (Phi) is 6.50. The van der Waals surface area contributed by atoms with Crippen LogP contribution in [0.1, 0.15) is 31.2 Å². The van der Waals surface area contributed by atoms with Crippen molar-refractivity contribution >= 4 is 5.78 Å². The molecule has 0 radical (unpaired) electrons. The number of hydrogen-bond donors (Lipinski definition) is 1. The Hall–Kier alpha value is -1.15. The van der Waals surface area contributed by atoms with Crippen molar-refractivity contribution in [3.05, 3.63) is 35.9 Å². The molecule has 0 unspecified atom stereocenters. The molecule has 88 valence electrons. The summed E-state index contributed by atoms with van der Waals surface area (Å²) >= 11 is 0. The lowest BCUT2D eigenvalue weighted by Gasteiger charge is -2.01. The first kappa shape index (κ1) is 12.9. The number of carbonyl (C=O) groups excluding carboxylic acids is 1. The summed E-state index contributed by atoms with van der Waals surface area (Å²) in [4.78, 5) is 11.6. The SMILES string of the molecule is CNCCCCC(=O)CCc1ccccc1. The van der Waals surface area contributed by atoms with Crippen LogP contribution in [0.4, 0.5) is 0 Å². The van der Waals surface area contributed by atoms with Crippen LogP contribution in [0.5, 0.6) is 0 Å². The van der Waals surface area contributed by atoms with E-state index in [1.807, 2.05) is 25.2 Å². The Morgan fingerprint density at radius 2 is 1.88 bits per heavy atom. The lowest BCUT2D eigenvalue weighted by atomic mass is 10.0. The predicted octanol–water partition coefficient (Wildman–Crippen LogP) is 2.58. The first-order valence-electron chi connectivity index (χ1n) is 6.03. The Bertz CT molecular complexity index is 295.